The summed E-state index contributed by atoms with van der Waals surface area (Å²) in [5.41, 5.74) is 1.90. The van der Waals surface area contributed by atoms with Gasteiger partial charge in [0.1, 0.15) is 0 Å². The van der Waals surface area contributed by atoms with Crippen molar-refractivity contribution in [1.82, 2.24) is 5.32 Å². The second-order valence-electron chi connectivity index (χ2n) is 5.17. The number of hydrogen-bond donors (Lipinski definition) is 1. The van der Waals surface area contributed by atoms with Gasteiger partial charge in [-0.15, -0.1) is 0 Å². The molecule has 17 heavy (non-hydrogen) atoms. The fourth-order valence-electron chi connectivity index (χ4n) is 2.68. The average Bonchev–Trinajstić information content (AvgIpc) is 2.68. The van der Waals surface area contributed by atoms with Crippen LogP contribution < -0.4 is 5.32 Å². The molecule has 2 rings (SSSR count). The first-order valence-electron chi connectivity index (χ1n) is 6.43. The van der Waals surface area contributed by atoms with Gasteiger partial charge >= 0.3 is 0 Å². The Hall–Kier alpha value is -1.33. The second-order valence-corrected chi connectivity index (χ2v) is 5.17. The Bertz CT molecular complexity index is 419. The summed E-state index contributed by atoms with van der Waals surface area (Å²) in [7, 11) is 0. The molecular weight excluding hydrogens is 208 g/mol. The highest BCUT2D eigenvalue weighted by atomic mass is 14.9. The number of nitrogens with zero attached hydrogens (tertiary/aromatic N) is 1. The number of nitrogens with one attached hydrogen (secondary N) is 1. The van der Waals surface area contributed by atoms with Gasteiger partial charge in [-0.2, -0.15) is 5.26 Å². The van der Waals surface area contributed by atoms with Crippen LogP contribution in [0, 0.1) is 23.2 Å². The SMILES string of the molecule is CC1CCC(NCc2ccccc2C#N)C1C. The predicted octanol–water partition coefficient (Wildman–Crippen LogP) is 3.08. The van der Waals surface area contributed by atoms with Gasteiger partial charge in [-0.05, 0) is 36.3 Å². The van der Waals surface area contributed by atoms with Crippen molar-refractivity contribution in [3.63, 3.8) is 0 Å². The van der Waals surface area contributed by atoms with Crippen molar-refractivity contribution in [2.75, 3.05) is 0 Å². The lowest BCUT2D eigenvalue weighted by Crippen LogP contribution is -2.32. The molecule has 2 nitrogen and oxygen atoms in total. The molecule has 0 aromatic heterocycles. The zero-order chi connectivity index (χ0) is 12.3. The van der Waals surface area contributed by atoms with Gasteiger partial charge in [0.2, 0.25) is 0 Å². The summed E-state index contributed by atoms with van der Waals surface area (Å²) in [6.45, 7) is 5.46. The third kappa shape index (κ3) is 2.68. The summed E-state index contributed by atoms with van der Waals surface area (Å²) < 4.78 is 0. The molecule has 1 N–H and O–H groups in total. The number of benzene rings is 1. The normalized spacial score (nSPS) is 27.9. The average molecular weight is 228 g/mol. The van der Waals surface area contributed by atoms with Gasteiger partial charge in [0.15, 0.2) is 0 Å². The van der Waals surface area contributed by atoms with E-state index in [1.807, 2.05) is 24.3 Å². The molecule has 0 radical (unpaired) electrons. The van der Waals surface area contributed by atoms with E-state index in [1.165, 1.54) is 12.8 Å². The van der Waals surface area contributed by atoms with E-state index in [2.05, 4.69) is 25.2 Å². The molecule has 1 saturated carbocycles. The highest BCUT2D eigenvalue weighted by Gasteiger charge is 2.29. The van der Waals surface area contributed by atoms with Crippen LogP contribution in [0.25, 0.3) is 0 Å². The van der Waals surface area contributed by atoms with Gasteiger partial charge < -0.3 is 5.32 Å². The summed E-state index contributed by atoms with van der Waals surface area (Å²) in [5.74, 6) is 1.56. The third-order valence-corrected chi connectivity index (χ3v) is 4.16. The van der Waals surface area contributed by atoms with Crippen LogP contribution >= 0.6 is 0 Å². The molecule has 2 heteroatoms. The third-order valence-electron chi connectivity index (χ3n) is 4.16. The van der Waals surface area contributed by atoms with E-state index in [1.54, 1.807) is 0 Å². The van der Waals surface area contributed by atoms with E-state index in [4.69, 9.17) is 5.26 Å². The van der Waals surface area contributed by atoms with Crippen molar-refractivity contribution in [2.45, 2.75) is 39.3 Å². The lowest BCUT2D eigenvalue weighted by Gasteiger charge is -2.20. The monoisotopic (exact) mass is 228 g/mol. The molecule has 90 valence electrons. The molecule has 1 aromatic carbocycles. The molecule has 0 spiro atoms. The minimum absolute atomic E-state index is 0.608. The zero-order valence-corrected chi connectivity index (χ0v) is 10.6. The van der Waals surface area contributed by atoms with Crippen LogP contribution in [0.3, 0.4) is 0 Å². The molecule has 3 unspecified atom stereocenters. The van der Waals surface area contributed by atoms with Crippen LogP contribution in [-0.4, -0.2) is 6.04 Å². The standard InChI is InChI=1S/C15H20N2/c1-11-7-8-15(12(11)2)17-10-14-6-4-3-5-13(14)9-16/h3-6,11-12,15,17H,7-8,10H2,1-2H3. The molecule has 0 bridgehead atoms. The van der Waals surface area contributed by atoms with Gasteiger partial charge in [-0.3, -0.25) is 0 Å². The van der Waals surface area contributed by atoms with Crippen molar-refractivity contribution >= 4 is 0 Å². The van der Waals surface area contributed by atoms with E-state index in [0.29, 0.717) is 6.04 Å². The summed E-state index contributed by atoms with van der Waals surface area (Å²) >= 11 is 0. The molecule has 0 amide bonds. The highest BCUT2D eigenvalue weighted by Crippen LogP contribution is 2.31. The quantitative estimate of drug-likeness (QED) is 0.863. The van der Waals surface area contributed by atoms with Crippen molar-refractivity contribution in [1.29, 1.82) is 5.26 Å². The zero-order valence-electron chi connectivity index (χ0n) is 10.6. The molecule has 0 saturated heterocycles. The number of nitriles is 1. The summed E-state index contributed by atoms with van der Waals surface area (Å²) in [6, 6.07) is 10.7. The highest BCUT2D eigenvalue weighted by molar-refractivity contribution is 5.37. The van der Waals surface area contributed by atoms with Crippen LogP contribution in [-0.2, 0) is 6.54 Å². The van der Waals surface area contributed by atoms with Crippen molar-refractivity contribution in [2.24, 2.45) is 11.8 Å². The molecule has 1 aliphatic carbocycles. The van der Waals surface area contributed by atoms with Crippen LogP contribution in [0.15, 0.2) is 24.3 Å². The van der Waals surface area contributed by atoms with Crippen LogP contribution in [0.1, 0.15) is 37.8 Å². The van der Waals surface area contributed by atoms with Gasteiger partial charge in [0.05, 0.1) is 11.6 Å². The van der Waals surface area contributed by atoms with Crippen molar-refractivity contribution < 1.29 is 0 Å². The first-order valence-corrected chi connectivity index (χ1v) is 6.43. The smallest absolute Gasteiger partial charge is 0.0995 e. The maximum atomic E-state index is 9.03. The molecular formula is C15H20N2. The van der Waals surface area contributed by atoms with E-state index < -0.39 is 0 Å². The number of hydrogen-bond acceptors (Lipinski definition) is 2. The molecule has 1 aromatic rings. The fraction of sp³-hybridized carbons (Fsp3) is 0.533. The van der Waals surface area contributed by atoms with Gasteiger partial charge in [-0.25, -0.2) is 0 Å². The Labute approximate surface area is 104 Å². The largest absolute Gasteiger partial charge is 0.310 e. The molecule has 0 heterocycles. The minimum atomic E-state index is 0.608. The number of rotatable bonds is 3. The maximum Gasteiger partial charge on any atom is 0.0995 e. The van der Waals surface area contributed by atoms with Gasteiger partial charge in [-0.1, -0.05) is 32.0 Å². The summed E-state index contributed by atoms with van der Waals surface area (Å²) in [5, 5.41) is 12.6. The Morgan fingerprint density at radius 1 is 1.29 bits per heavy atom. The van der Waals surface area contributed by atoms with E-state index >= 15 is 0 Å². The maximum absolute atomic E-state index is 9.03. The first-order chi connectivity index (χ1) is 8.22. The topological polar surface area (TPSA) is 35.8 Å². The molecule has 0 aliphatic heterocycles. The van der Waals surface area contributed by atoms with Crippen molar-refractivity contribution in [3.05, 3.63) is 35.4 Å². The summed E-state index contributed by atoms with van der Waals surface area (Å²) in [4.78, 5) is 0. The van der Waals surface area contributed by atoms with Crippen LogP contribution in [0.4, 0.5) is 0 Å². The van der Waals surface area contributed by atoms with E-state index in [-0.39, 0.29) is 0 Å². The Kier molecular flexibility index (Phi) is 3.81. The van der Waals surface area contributed by atoms with E-state index in [9.17, 15) is 0 Å². The Balaban J connectivity index is 1.97. The molecule has 3 atom stereocenters. The van der Waals surface area contributed by atoms with E-state index in [0.717, 1.165) is 29.5 Å². The minimum Gasteiger partial charge on any atom is -0.310 e. The van der Waals surface area contributed by atoms with Crippen LogP contribution in [0.2, 0.25) is 0 Å². The van der Waals surface area contributed by atoms with Crippen LogP contribution in [0.5, 0.6) is 0 Å². The lowest BCUT2D eigenvalue weighted by molar-refractivity contribution is 0.370. The van der Waals surface area contributed by atoms with Gasteiger partial charge in [0, 0.05) is 12.6 Å². The fourth-order valence-corrected chi connectivity index (χ4v) is 2.68. The Morgan fingerprint density at radius 2 is 2.06 bits per heavy atom. The molecule has 1 aliphatic rings. The Morgan fingerprint density at radius 3 is 2.71 bits per heavy atom. The van der Waals surface area contributed by atoms with Gasteiger partial charge in [0.25, 0.3) is 0 Å². The second kappa shape index (κ2) is 5.33. The first kappa shape index (κ1) is 12.1. The molecule has 1 fully saturated rings. The summed E-state index contributed by atoms with van der Waals surface area (Å²) in [6.07, 6.45) is 2.58. The lowest BCUT2D eigenvalue weighted by atomic mass is 9.97. The van der Waals surface area contributed by atoms with Crippen molar-refractivity contribution in [3.8, 4) is 6.07 Å². The predicted molar refractivity (Wildman–Crippen MR) is 69.3 cm³/mol.